The molecular weight excluding hydrogens is 251 g/mol. The van der Waals surface area contributed by atoms with Crippen molar-refractivity contribution < 1.29 is 17.7 Å². The van der Waals surface area contributed by atoms with Crippen LogP contribution in [-0.4, -0.2) is 20.1 Å². The zero-order valence-electron chi connectivity index (χ0n) is 9.14. The van der Waals surface area contributed by atoms with Crippen LogP contribution < -0.4 is 5.73 Å². The minimum Gasteiger partial charge on any atom is -0.337 e. The highest BCUT2D eigenvalue weighted by Crippen LogP contribution is 2.28. The largest absolute Gasteiger partial charge is 0.433 e. The van der Waals surface area contributed by atoms with Gasteiger partial charge in [0, 0.05) is 6.20 Å². The average Bonchev–Trinajstić information content (AvgIpc) is 2.77. The molecule has 0 aliphatic heterocycles. The number of hydrogen-bond donors (Lipinski definition) is 1. The summed E-state index contributed by atoms with van der Waals surface area (Å²) in [5.41, 5.74) is 4.42. The SMILES string of the molecule is C[C@H](N)c1nc(-c2nccc(C(F)(F)F)n2)no1. The molecule has 0 aliphatic carbocycles. The van der Waals surface area contributed by atoms with Crippen molar-refractivity contribution in [2.75, 3.05) is 0 Å². The Hall–Kier alpha value is -2.03. The lowest BCUT2D eigenvalue weighted by Gasteiger charge is -2.04. The van der Waals surface area contributed by atoms with Gasteiger partial charge in [0.1, 0.15) is 5.69 Å². The molecule has 6 nitrogen and oxygen atoms in total. The first-order valence-electron chi connectivity index (χ1n) is 4.87. The second kappa shape index (κ2) is 4.33. The summed E-state index contributed by atoms with van der Waals surface area (Å²) in [5, 5.41) is 3.47. The molecule has 0 bridgehead atoms. The van der Waals surface area contributed by atoms with Gasteiger partial charge in [-0.3, -0.25) is 0 Å². The van der Waals surface area contributed by atoms with E-state index in [0.29, 0.717) is 0 Å². The van der Waals surface area contributed by atoms with Crippen molar-refractivity contribution in [1.82, 2.24) is 20.1 Å². The fraction of sp³-hybridized carbons (Fsp3) is 0.333. The summed E-state index contributed by atoms with van der Waals surface area (Å²) in [6.07, 6.45) is -3.57. The second-order valence-corrected chi connectivity index (χ2v) is 3.51. The molecular formula is C9H8F3N5O. The minimum atomic E-state index is -4.55. The summed E-state index contributed by atoms with van der Waals surface area (Å²) in [6, 6.07) is 0.243. The van der Waals surface area contributed by atoms with E-state index in [1.165, 1.54) is 0 Å². The Morgan fingerprint density at radius 1 is 1.28 bits per heavy atom. The van der Waals surface area contributed by atoms with Crippen molar-refractivity contribution in [3.63, 3.8) is 0 Å². The van der Waals surface area contributed by atoms with Gasteiger partial charge in [-0.25, -0.2) is 9.97 Å². The number of nitrogens with zero attached hydrogens (tertiary/aromatic N) is 4. The number of hydrogen-bond acceptors (Lipinski definition) is 6. The number of nitrogens with two attached hydrogens (primary N) is 1. The van der Waals surface area contributed by atoms with Gasteiger partial charge in [-0.2, -0.15) is 18.2 Å². The van der Waals surface area contributed by atoms with Gasteiger partial charge in [0.25, 0.3) is 0 Å². The maximum Gasteiger partial charge on any atom is 0.433 e. The minimum absolute atomic E-state index is 0.103. The van der Waals surface area contributed by atoms with Crippen molar-refractivity contribution in [3.05, 3.63) is 23.8 Å². The Labute approximate surface area is 99.0 Å². The topological polar surface area (TPSA) is 90.7 Å². The number of alkyl halides is 3. The van der Waals surface area contributed by atoms with Crippen molar-refractivity contribution in [1.29, 1.82) is 0 Å². The van der Waals surface area contributed by atoms with E-state index in [0.717, 1.165) is 12.3 Å². The first-order chi connectivity index (χ1) is 8.38. The van der Waals surface area contributed by atoms with Gasteiger partial charge in [0.05, 0.1) is 6.04 Å². The lowest BCUT2D eigenvalue weighted by molar-refractivity contribution is -0.141. The van der Waals surface area contributed by atoms with Gasteiger partial charge < -0.3 is 10.3 Å². The normalized spacial score (nSPS) is 13.6. The monoisotopic (exact) mass is 259 g/mol. The summed E-state index contributed by atoms with van der Waals surface area (Å²) >= 11 is 0. The molecule has 0 aliphatic rings. The molecule has 0 fully saturated rings. The van der Waals surface area contributed by atoms with Crippen LogP contribution in [0.4, 0.5) is 13.2 Å². The summed E-state index contributed by atoms with van der Waals surface area (Å²) in [7, 11) is 0. The van der Waals surface area contributed by atoms with Gasteiger partial charge >= 0.3 is 6.18 Å². The molecule has 0 saturated carbocycles. The van der Waals surface area contributed by atoms with Crippen LogP contribution in [0.3, 0.4) is 0 Å². The van der Waals surface area contributed by atoms with E-state index in [9.17, 15) is 13.2 Å². The van der Waals surface area contributed by atoms with Crippen LogP contribution in [0.25, 0.3) is 11.6 Å². The maximum atomic E-state index is 12.4. The lowest BCUT2D eigenvalue weighted by atomic mass is 10.3. The van der Waals surface area contributed by atoms with Crippen molar-refractivity contribution >= 4 is 0 Å². The van der Waals surface area contributed by atoms with Crippen LogP contribution in [-0.2, 0) is 6.18 Å². The third-order valence-electron chi connectivity index (χ3n) is 1.98. The maximum absolute atomic E-state index is 12.4. The highest BCUT2D eigenvalue weighted by Gasteiger charge is 2.33. The predicted octanol–water partition coefficient (Wildman–Crippen LogP) is 1.57. The summed E-state index contributed by atoms with van der Waals surface area (Å²) in [4.78, 5) is 10.8. The zero-order valence-corrected chi connectivity index (χ0v) is 9.14. The van der Waals surface area contributed by atoms with Crippen LogP contribution in [0.1, 0.15) is 24.6 Å². The van der Waals surface area contributed by atoms with E-state index < -0.39 is 17.9 Å². The quantitative estimate of drug-likeness (QED) is 0.880. The van der Waals surface area contributed by atoms with Gasteiger partial charge in [0.2, 0.25) is 17.5 Å². The second-order valence-electron chi connectivity index (χ2n) is 3.51. The Morgan fingerprint density at radius 2 is 2.00 bits per heavy atom. The average molecular weight is 259 g/mol. The van der Waals surface area contributed by atoms with Crippen LogP contribution in [0, 0.1) is 0 Å². The van der Waals surface area contributed by atoms with Crippen molar-refractivity contribution in [2.45, 2.75) is 19.1 Å². The standard InChI is InChI=1S/C9H8F3N5O/c1-4(13)8-16-7(17-18-8)6-14-3-2-5(15-6)9(10,11)12/h2-4H,13H2,1H3/t4-/m0/s1. The molecule has 18 heavy (non-hydrogen) atoms. The van der Waals surface area contributed by atoms with Gasteiger partial charge in [-0.05, 0) is 13.0 Å². The van der Waals surface area contributed by atoms with Gasteiger partial charge in [0.15, 0.2) is 0 Å². The van der Waals surface area contributed by atoms with Crippen LogP contribution in [0.2, 0.25) is 0 Å². The fourth-order valence-corrected chi connectivity index (χ4v) is 1.14. The molecule has 2 heterocycles. The van der Waals surface area contributed by atoms with Gasteiger partial charge in [-0.1, -0.05) is 5.16 Å². The molecule has 0 unspecified atom stereocenters. The van der Waals surface area contributed by atoms with Crippen molar-refractivity contribution in [2.24, 2.45) is 5.73 Å². The first-order valence-corrected chi connectivity index (χ1v) is 4.87. The molecule has 2 rings (SSSR count). The molecule has 2 aromatic rings. The summed E-state index contributed by atoms with van der Waals surface area (Å²) in [6.45, 7) is 1.60. The van der Waals surface area contributed by atoms with E-state index in [4.69, 9.17) is 10.3 Å². The number of halogens is 3. The van der Waals surface area contributed by atoms with Crippen molar-refractivity contribution in [3.8, 4) is 11.6 Å². The van der Waals surface area contributed by atoms with E-state index in [-0.39, 0.29) is 17.5 Å². The lowest BCUT2D eigenvalue weighted by Crippen LogP contribution is -2.09. The highest BCUT2D eigenvalue weighted by molar-refractivity contribution is 5.41. The first kappa shape index (κ1) is 12.4. The third kappa shape index (κ3) is 2.45. The Balaban J connectivity index is 2.38. The van der Waals surface area contributed by atoms with Crippen LogP contribution >= 0.6 is 0 Å². The Kier molecular flexibility index (Phi) is 2.99. The Morgan fingerprint density at radius 3 is 2.56 bits per heavy atom. The zero-order chi connectivity index (χ0) is 13.3. The van der Waals surface area contributed by atoms with E-state index in [1.807, 2.05) is 0 Å². The molecule has 2 N–H and O–H groups in total. The van der Waals surface area contributed by atoms with Crippen LogP contribution in [0.15, 0.2) is 16.8 Å². The molecule has 0 spiro atoms. The smallest absolute Gasteiger partial charge is 0.337 e. The number of rotatable bonds is 2. The number of aromatic nitrogens is 4. The third-order valence-corrected chi connectivity index (χ3v) is 1.98. The molecule has 0 radical (unpaired) electrons. The molecule has 96 valence electrons. The summed E-state index contributed by atoms with van der Waals surface area (Å²) in [5.74, 6) is -0.292. The van der Waals surface area contributed by atoms with E-state index >= 15 is 0 Å². The highest BCUT2D eigenvalue weighted by atomic mass is 19.4. The molecule has 0 saturated heterocycles. The van der Waals surface area contributed by atoms with E-state index in [1.54, 1.807) is 6.92 Å². The summed E-state index contributed by atoms with van der Waals surface area (Å²) < 4.78 is 42.1. The van der Waals surface area contributed by atoms with Gasteiger partial charge in [-0.15, -0.1) is 0 Å². The molecule has 9 heteroatoms. The Bertz CT molecular complexity index is 551. The van der Waals surface area contributed by atoms with E-state index in [2.05, 4.69) is 20.1 Å². The molecule has 0 amide bonds. The van der Waals surface area contributed by atoms with Crippen LogP contribution in [0.5, 0.6) is 0 Å². The fourth-order valence-electron chi connectivity index (χ4n) is 1.14. The molecule has 2 aromatic heterocycles. The molecule has 1 atom stereocenters. The predicted molar refractivity (Wildman–Crippen MR) is 52.9 cm³/mol. The molecule has 0 aromatic carbocycles.